The van der Waals surface area contributed by atoms with Gasteiger partial charge in [0.2, 0.25) is 0 Å². The summed E-state index contributed by atoms with van der Waals surface area (Å²) in [5.41, 5.74) is 7.31. The molecule has 0 aliphatic heterocycles. The minimum absolute atomic E-state index is 0.0176. The van der Waals surface area contributed by atoms with Gasteiger partial charge in [-0.25, -0.2) is 0 Å². The first kappa shape index (κ1) is 11.8. The van der Waals surface area contributed by atoms with Gasteiger partial charge in [-0.3, -0.25) is 0 Å². The van der Waals surface area contributed by atoms with Crippen LogP contribution in [-0.2, 0) is 13.0 Å². The van der Waals surface area contributed by atoms with Crippen molar-refractivity contribution in [2.45, 2.75) is 32.4 Å². The number of rotatable bonds is 5. The van der Waals surface area contributed by atoms with E-state index in [-0.39, 0.29) is 6.04 Å². The zero-order chi connectivity index (χ0) is 12.1. The lowest BCUT2D eigenvalue weighted by Crippen LogP contribution is -2.16. The number of hydrogen-bond donors (Lipinski definition) is 1. The second-order valence-corrected chi connectivity index (χ2v) is 4.16. The molecular weight excluding hydrogens is 212 g/mol. The van der Waals surface area contributed by atoms with Crippen LogP contribution in [0.4, 0.5) is 0 Å². The van der Waals surface area contributed by atoms with Gasteiger partial charge in [-0.15, -0.1) is 10.2 Å². The average Bonchev–Trinajstić information content (AvgIpc) is 2.78. The maximum absolute atomic E-state index is 6.17. The van der Waals surface area contributed by atoms with Crippen LogP contribution in [0.25, 0.3) is 0 Å². The van der Waals surface area contributed by atoms with Crippen molar-refractivity contribution >= 4 is 0 Å². The van der Waals surface area contributed by atoms with Crippen molar-refractivity contribution in [2.24, 2.45) is 5.73 Å². The topological polar surface area (TPSA) is 56.7 Å². The summed E-state index contributed by atoms with van der Waals surface area (Å²) >= 11 is 0. The van der Waals surface area contributed by atoms with Crippen molar-refractivity contribution in [1.29, 1.82) is 0 Å². The monoisotopic (exact) mass is 230 g/mol. The lowest BCUT2D eigenvalue weighted by Gasteiger charge is -2.12. The van der Waals surface area contributed by atoms with E-state index < -0.39 is 0 Å². The van der Waals surface area contributed by atoms with E-state index in [1.807, 2.05) is 30.3 Å². The van der Waals surface area contributed by atoms with Crippen LogP contribution in [0.5, 0.6) is 0 Å². The first-order chi connectivity index (χ1) is 8.31. The smallest absolute Gasteiger partial charge is 0.134 e. The Kier molecular flexibility index (Phi) is 3.88. The quantitative estimate of drug-likeness (QED) is 0.854. The highest BCUT2D eigenvalue weighted by Crippen LogP contribution is 2.14. The van der Waals surface area contributed by atoms with Gasteiger partial charge in [-0.05, 0) is 12.0 Å². The van der Waals surface area contributed by atoms with Crippen LogP contribution in [0, 0.1) is 0 Å². The molecule has 1 aromatic carbocycles. The third kappa shape index (κ3) is 2.91. The Bertz CT molecular complexity index is 449. The molecule has 1 atom stereocenters. The maximum atomic E-state index is 6.17. The van der Waals surface area contributed by atoms with Crippen LogP contribution >= 0.6 is 0 Å². The lowest BCUT2D eigenvalue weighted by molar-refractivity contribution is 0.599. The molecule has 4 heteroatoms. The van der Waals surface area contributed by atoms with Crippen molar-refractivity contribution in [1.82, 2.24) is 14.8 Å². The molecule has 90 valence electrons. The minimum Gasteiger partial charge on any atom is -0.324 e. The van der Waals surface area contributed by atoms with Crippen LogP contribution in [0.1, 0.15) is 30.8 Å². The van der Waals surface area contributed by atoms with Gasteiger partial charge in [0.1, 0.15) is 12.2 Å². The maximum Gasteiger partial charge on any atom is 0.134 e. The summed E-state index contributed by atoms with van der Waals surface area (Å²) in [6.07, 6.45) is 3.58. The number of nitrogens with two attached hydrogens (primary N) is 1. The van der Waals surface area contributed by atoms with Crippen LogP contribution in [-0.4, -0.2) is 14.8 Å². The van der Waals surface area contributed by atoms with Crippen molar-refractivity contribution in [3.05, 3.63) is 48.0 Å². The van der Waals surface area contributed by atoms with Crippen molar-refractivity contribution in [3.8, 4) is 0 Å². The highest BCUT2D eigenvalue weighted by Gasteiger charge is 2.11. The van der Waals surface area contributed by atoms with Gasteiger partial charge in [-0.1, -0.05) is 37.3 Å². The first-order valence-electron chi connectivity index (χ1n) is 5.98. The Hall–Kier alpha value is -1.68. The van der Waals surface area contributed by atoms with Crippen molar-refractivity contribution in [2.75, 3.05) is 0 Å². The fraction of sp³-hybridized carbons (Fsp3) is 0.385. The summed E-state index contributed by atoms with van der Waals surface area (Å²) in [5, 5.41) is 8.08. The van der Waals surface area contributed by atoms with Gasteiger partial charge >= 0.3 is 0 Å². The zero-order valence-electron chi connectivity index (χ0n) is 10.1. The number of hydrogen-bond acceptors (Lipinski definition) is 3. The molecule has 0 saturated carbocycles. The molecule has 2 N–H and O–H groups in total. The van der Waals surface area contributed by atoms with Gasteiger partial charge in [0.15, 0.2) is 0 Å². The molecule has 1 unspecified atom stereocenters. The normalized spacial score (nSPS) is 12.6. The van der Waals surface area contributed by atoms with Gasteiger partial charge in [0.05, 0.1) is 0 Å². The number of benzene rings is 1. The summed E-state index contributed by atoms with van der Waals surface area (Å²) in [7, 11) is 0. The van der Waals surface area contributed by atoms with E-state index in [4.69, 9.17) is 5.73 Å². The molecular formula is C13H18N4. The summed E-state index contributed by atoms with van der Waals surface area (Å²) in [6.45, 7) is 3.09. The molecule has 0 amide bonds. The third-order valence-electron chi connectivity index (χ3n) is 2.79. The minimum atomic E-state index is -0.0176. The fourth-order valence-electron chi connectivity index (χ4n) is 1.88. The molecule has 1 heterocycles. The Morgan fingerprint density at radius 2 is 2.06 bits per heavy atom. The van der Waals surface area contributed by atoms with E-state index in [9.17, 15) is 0 Å². The Morgan fingerprint density at radius 3 is 2.76 bits per heavy atom. The molecule has 0 saturated heterocycles. The Labute approximate surface area is 101 Å². The zero-order valence-corrected chi connectivity index (χ0v) is 10.1. The molecule has 1 aromatic heterocycles. The van der Waals surface area contributed by atoms with Crippen LogP contribution in [0.15, 0.2) is 36.7 Å². The lowest BCUT2D eigenvalue weighted by atomic mass is 10.0. The number of nitrogens with zero attached hydrogens (tertiary/aromatic N) is 3. The summed E-state index contributed by atoms with van der Waals surface area (Å²) in [6, 6.07) is 10.1. The van der Waals surface area contributed by atoms with E-state index >= 15 is 0 Å². The Balaban J connectivity index is 2.08. The molecule has 0 aliphatic carbocycles. The SMILES string of the molecule is CCCn1cnnc1CC(N)c1ccccc1. The molecule has 4 nitrogen and oxygen atoms in total. The van der Waals surface area contributed by atoms with E-state index in [0.717, 1.165) is 30.8 Å². The molecule has 0 bridgehead atoms. The number of aryl methyl sites for hydroxylation is 1. The van der Waals surface area contributed by atoms with Crippen LogP contribution in [0.3, 0.4) is 0 Å². The fourth-order valence-corrected chi connectivity index (χ4v) is 1.88. The van der Waals surface area contributed by atoms with Crippen molar-refractivity contribution < 1.29 is 0 Å². The second kappa shape index (κ2) is 5.59. The van der Waals surface area contributed by atoms with E-state index in [1.54, 1.807) is 6.33 Å². The highest BCUT2D eigenvalue weighted by atomic mass is 15.3. The molecule has 2 aromatic rings. The average molecular weight is 230 g/mol. The molecule has 0 spiro atoms. The molecule has 17 heavy (non-hydrogen) atoms. The summed E-state index contributed by atoms with van der Waals surface area (Å²) < 4.78 is 2.07. The first-order valence-corrected chi connectivity index (χ1v) is 5.98. The Morgan fingerprint density at radius 1 is 1.29 bits per heavy atom. The third-order valence-corrected chi connectivity index (χ3v) is 2.79. The van der Waals surface area contributed by atoms with Gasteiger partial charge in [0.25, 0.3) is 0 Å². The van der Waals surface area contributed by atoms with Crippen LogP contribution < -0.4 is 5.73 Å². The summed E-state index contributed by atoms with van der Waals surface area (Å²) in [5.74, 6) is 0.961. The van der Waals surface area contributed by atoms with E-state index in [0.29, 0.717) is 0 Å². The second-order valence-electron chi connectivity index (χ2n) is 4.16. The number of aromatic nitrogens is 3. The molecule has 0 radical (unpaired) electrons. The highest BCUT2D eigenvalue weighted by molar-refractivity contribution is 5.19. The predicted octanol–water partition coefficient (Wildman–Crippen LogP) is 1.93. The van der Waals surface area contributed by atoms with Crippen LogP contribution in [0.2, 0.25) is 0 Å². The van der Waals surface area contributed by atoms with Gasteiger partial charge in [-0.2, -0.15) is 0 Å². The summed E-state index contributed by atoms with van der Waals surface area (Å²) in [4.78, 5) is 0. The van der Waals surface area contributed by atoms with E-state index in [1.165, 1.54) is 0 Å². The predicted molar refractivity (Wildman–Crippen MR) is 67.4 cm³/mol. The van der Waals surface area contributed by atoms with Crippen molar-refractivity contribution in [3.63, 3.8) is 0 Å². The molecule has 2 rings (SSSR count). The van der Waals surface area contributed by atoms with Gasteiger partial charge in [0, 0.05) is 19.0 Å². The molecule has 0 fully saturated rings. The van der Waals surface area contributed by atoms with E-state index in [2.05, 4.69) is 21.7 Å². The van der Waals surface area contributed by atoms with Gasteiger partial charge < -0.3 is 10.3 Å². The molecule has 0 aliphatic rings. The standard InChI is InChI=1S/C13H18N4/c1-2-8-17-10-15-16-13(17)9-12(14)11-6-4-3-5-7-11/h3-7,10,12H,2,8-9,14H2,1H3. The largest absolute Gasteiger partial charge is 0.324 e.